The molecule has 2 rings (SSSR count). The van der Waals surface area contributed by atoms with Gasteiger partial charge in [0, 0.05) is 5.02 Å². The summed E-state index contributed by atoms with van der Waals surface area (Å²) in [7, 11) is 1.51. The SMILES string of the molecule is COc1ccc(Cl)cc1NC(=O)Cn1cnnn1. The summed E-state index contributed by atoms with van der Waals surface area (Å²) >= 11 is 5.86. The van der Waals surface area contributed by atoms with Crippen molar-refractivity contribution in [2.75, 3.05) is 12.4 Å². The number of carbonyl (C=O) groups excluding carboxylic acids is 1. The topological polar surface area (TPSA) is 81.9 Å². The van der Waals surface area contributed by atoms with Crippen molar-refractivity contribution < 1.29 is 9.53 Å². The molecular formula is C10H10ClN5O2. The Labute approximate surface area is 108 Å². The largest absolute Gasteiger partial charge is 0.495 e. The maximum Gasteiger partial charge on any atom is 0.246 e. The molecule has 0 spiro atoms. The molecule has 2 aromatic rings. The van der Waals surface area contributed by atoms with Crippen LogP contribution in [-0.2, 0) is 11.3 Å². The zero-order valence-corrected chi connectivity index (χ0v) is 10.3. The number of tetrazole rings is 1. The summed E-state index contributed by atoms with van der Waals surface area (Å²) in [5.74, 6) is 0.257. The van der Waals surface area contributed by atoms with E-state index in [-0.39, 0.29) is 12.5 Å². The minimum absolute atomic E-state index is 0.0165. The van der Waals surface area contributed by atoms with Crippen LogP contribution in [0.1, 0.15) is 0 Å². The van der Waals surface area contributed by atoms with E-state index in [0.29, 0.717) is 16.5 Å². The van der Waals surface area contributed by atoms with E-state index in [1.165, 1.54) is 18.1 Å². The van der Waals surface area contributed by atoms with Crippen molar-refractivity contribution in [3.63, 3.8) is 0 Å². The van der Waals surface area contributed by atoms with Crippen LogP contribution in [0.15, 0.2) is 24.5 Å². The van der Waals surface area contributed by atoms with Crippen molar-refractivity contribution in [3.8, 4) is 5.75 Å². The van der Waals surface area contributed by atoms with Gasteiger partial charge in [-0.2, -0.15) is 0 Å². The normalized spacial score (nSPS) is 10.1. The molecule has 0 aliphatic rings. The number of ether oxygens (including phenoxy) is 1. The third kappa shape index (κ3) is 2.95. The first-order valence-corrected chi connectivity index (χ1v) is 5.41. The number of benzene rings is 1. The number of aromatic nitrogens is 4. The van der Waals surface area contributed by atoms with Gasteiger partial charge < -0.3 is 10.1 Å². The van der Waals surface area contributed by atoms with Gasteiger partial charge in [-0.05, 0) is 28.6 Å². The summed E-state index contributed by atoms with van der Waals surface area (Å²) in [6.07, 6.45) is 1.36. The molecule has 8 heteroatoms. The van der Waals surface area contributed by atoms with E-state index in [1.807, 2.05) is 0 Å². The highest BCUT2D eigenvalue weighted by Gasteiger charge is 2.09. The number of methoxy groups -OCH3 is 1. The number of halogens is 1. The van der Waals surface area contributed by atoms with Crippen LogP contribution in [0.5, 0.6) is 5.75 Å². The number of rotatable bonds is 4. The zero-order valence-electron chi connectivity index (χ0n) is 9.50. The first-order chi connectivity index (χ1) is 8.69. The Balaban J connectivity index is 2.08. The Morgan fingerprint density at radius 3 is 3.06 bits per heavy atom. The minimum atomic E-state index is -0.275. The number of hydrogen-bond donors (Lipinski definition) is 1. The Morgan fingerprint density at radius 1 is 1.56 bits per heavy atom. The van der Waals surface area contributed by atoms with Crippen molar-refractivity contribution in [2.24, 2.45) is 0 Å². The van der Waals surface area contributed by atoms with Crippen LogP contribution >= 0.6 is 11.6 Å². The molecule has 1 heterocycles. The van der Waals surface area contributed by atoms with Gasteiger partial charge in [0.2, 0.25) is 5.91 Å². The quantitative estimate of drug-likeness (QED) is 0.893. The molecule has 1 aromatic carbocycles. The summed E-state index contributed by atoms with van der Waals surface area (Å²) in [5.41, 5.74) is 0.503. The molecule has 0 radical (unpaired) electrons. The Morgan fingerprint density at radius 2 is 2.39 bits per heavy atom. The van der Waals surface area contributed by atoms with E-state index >= 15 is 0 Å². The van der Waals surface area contributed by atoms with Gasteiger partial charge in [0.25, 0.3) is 0 Å². The summed E-state index contributed by atoms with van der Waals surface area (Å²) in [4.78, 5) is 11.7. The van der Waals surface area contributed by atoms with Crippen LogP contribution in [0.3, 0.4) is 0 Å². The van der Waals surface area contributed by atoms with E-state index in [4.69, 9.17) is 16.3 Å². The van der Waals surface area contributed by atoms with Gasteiger partial charge in [-0.3, -0.25) is 4.79 Å². The molecule has 1 N–H and O–H groups in total. The summed E-state index contributed by atoms with van der Waals surface area (Å²) < 4.78 is 6.43. The number of amides is 1. The van der Waals surface area contributed by atoms with Gasteiger partial charge in [0.1, 0.15) is 18.6 Å². The van der Waals surface area contributed by atoms with E-state index in [1.54, 1.807) is 18.2 Å². The van der Waals surface area contributed by atoms with Crippen LogP contribution in [0.25, 0.3) is 0 Å². The summed E-state index contributed by atoms with van der Waals surface area (Å²) in [6, 6.07) is 4.96. The number of nitrogens with zero attached hydrogens (tertiary/aromatic N) is 4. The van der Waals surface area contributed by atoms with Gasteiger partial charge in [-0.1, -0.05) is 11.6 Å². The molecule has 0 bridgehead atoms. The fourth-order valence-electron chi connectivity index (χ4n) is 1.37. The first kappa shape index (κ1) is 12.3. The van der Waals surface area contributed by atoms with Crippen molar-refractivity contribution >= 4 is 23.2 Å². The number of anilines is 1. The molecule has 0 saturated heterocycles. The molecule has 0 unspecified atom stereocenters. The lowest BCUT2D eigenvalue weighted by molar-refractivity contribution is -0.116. The lowest BCUT2D eigenvalue weighted by Gasteiger charge is -2.10. The molecule has 94 valence electrons. The van der Waals surface area contributed by atoms with Crippen LogP contribution in [0, 0.1) is 0 Å². The Bertz CT molecular complexity index is 543. The van der Waals surface area contributed by atoms with Crippen molar-refractivity contribution in [3.05, 3.63) is 29.5 Å². The molecule has 0 saturated carbocycles. The molecule has 1 amide bonds. The second-order valence-corrected chi connectivity index (χ2v) is 3.84. The van der Waals surface area contributed by atoms with Crippen LogP contribution in [0.4, 0.5) is 5.69 Å². The third-order valence-corrected chi connectivity index (χ3v) is 2.37. The average molecular weight is 268 g/mol. The number of carbonyl (C=O) groups is 1. The molecular weight excluding hydrogens is 258 g/mol. The molecule has 0 aliphatic carbocycles. The standard InChI is InChI=1S/C10H10ClN5O2/c1-18-9-3-2-7(11)4-8(9)13-10(17)5-16-6-12-14-15-16/h2-4,6H,5H2,1H3,(H,13,17). The van der Waals surface area contributed by atoms with Crippen LogP contribution < -0.4 is 10.1 Å². The summed E-state index contributed by atoms with van der Waals surface area (Å²) in [5, 5.41) is 13.7. The highest BCUT2D eigenvalue weighted by Crippen LogP contribution is 2.27. The molecule has 0 atom stereocenters. The highest BCUT2D eigenvalue weighted by molar-refractivity contribution is 6.31. The van der Waals surface area contributed by atoms with Gasteiger partial charge in [-0.25, -0.2) is 4.68 Å². The van der Waals surface area contributed by atoms with E-state index < -0.39 is 0 Å². The third-order valence-electron chi connectivity index (χ3n) is 2.13. The molecule has 0 aliphatic heterocycles. The molecule has 1 aromatic heterocycles. The first-order valence-electron chi connectivity index (χ1n) is 5.03. The minimum Gasteiger partial charge on any atom is -0.495 e. The highest BCUT2D eigenvalue weighted by atomic mass is 35.5. The maximum absolute atomic E-state index is 11.7. The van der Waals surface area contributed by atoms with Gasteiger partial charge in [0.05, 0.1) is 12.8 Å². The van der Waals surface area contributed by atoms with Gasteiger partial charge in [0.15, 0.2) is 0 Å². The zero-order chi connectivity index (χ0) is 13.0. The fourth-order valence-corrected chi connectivity index (χ4v) is 1.54. The predicted octanol–water partition coefficient (Wildman–Crippen LogP) is 0.974. The van der Waals surface area contributed by atoms with Crippen LogP contribution in [0.2, 0.25) is 5.02 Å². The monoisotopic (exact) mass is 267 g/mol. The lowest BCUT2D eigenvalue weighted by Crippen LogP contribution is -2.19. The second-order valence-electron chi connectivity index (χ2n) is 3.40. The predicted molar refractivity (Wildman–Crippen MR) is 64.5 cm³/mol. The second kappa shape index (κ2) is 5.46. The maximum atomic E-state index is 11.7. The van der Waals surface area contributed by atoms with E-state index in [0.717, 1.165) is 0 Å². The van der Waals surface area contributed by atoms with Crippen LogP contribution in [-0.4, -0.2) is 33.2 Å². The molecule has 18 heavy (non-hydrogen) atoms. The lowest BCUT2D eigenvalue weighted by atomic mass is 10.3. The number of nitrogens with one attached hydrogen (secondary N) is 1. The van der Waals surface area contributed by atoms with Gasteiger partial charge >= 0.3 is 0 Å². The van der Waals surface area contributed by atoms with Crippen molar-refractivity contribution in [1.29, 1.82) is 0 Å². The summed E-state index contributed by atoms with van der Waals surface area (Å²) in [6.45, 7) is 0.0165. The average Bonchev–Trinajstić information content (AvgIpc) is 2.82. The molecule has 0 fully saturated rings. The van der Waals surface area contributed by atoms with Gasteiger partial charge in [-0.15, -0.1) is 5.10 Å². The van der Waals surface area contributed by atoms with Crippen molar-refractivity contribution in [2.45, 2.75) is 6.54 Å². The smallest absolute Gasteiger partial charge is 0.246 e. The van der Waals surface area contributed by atoms with E-state index in [2.05, 4.69) is 20.8 Å². The molecule has 7 nitrogen and oxygen atoms in total. The fraction of sp³-hybridized carbons (Fsp3) is 0.200. The van der Waals surface area contributed by atoms with E-state index in [9.17, 15) is 4.79 Å². The number of hydrogen-bond acceptors (Lipinski definition) is 5. The Hall–Kier alpha value is -2.15. The Kier molecular flexibility index (Phi) is 3.73. The van der Waals surface area contributed by atoms with Crippen molar-refractivity contribution in [1.82, 2.24) is 20.2 Å².